The summed E-state index contributed by atoms with van der Waals surface area (Å²) in [4.78, 5) is 97.5. The van der Waals surface area contributed by atoms with Gasteiger partial charge in [-0.1, -0.05) is 25.6 Å². The van der Waals surface area contributed by atoms with E-state index in [0.717, 1.165) is 29.0 Å². The Labute approximate surface area is 310 Å². The number of aldehydes is 1. The van der Waals surface area contributed by atoms with E-state index in [4.69, 9.17) is 19.5 Å². The molecule has 29 heteroatoms. The zero-order valence-corrected chi connectivity index (χ0v) is 32.1. The van der Waals surface area contributed by atoms with E-state index in [1.165, 1.54) is 20.8 Å². The van der Waals surface area contributed by atoms with Gasteiger partial charge < -0.3 is 55.7 Å². The zero-order valence-electron chi connectivity index (χ0n) is 28.6. The molecule has 2 unspecified atom stereocenters. The minimum absolute atomic E-state index is 0.0237. The number of aliphatic hydroxyl groups is 2. The van der Waals surface area contributed by atoms with Crippen molar-refractivity contribution in [1.29, 1.82) is 0 Å². The Morgan fingerprint density at radius 2 is 1.76 bits per heavy atom. The number of imidazole rings is 1. The van der Waals surface area contributed by atoms with Crippen molar-refractivity contribution < 1.29 is 85.3 Å². The average molecular weight is 852 g/mol. The highest BCUT2D eigenvalue weighted by atomic mass is 32.2. The van der Waals surface area contributed by atoms with Crippen LogP contribution in [0.15, 0.2) is 12.7 Å². The minimum Gasteiger partial charge on any atom is -0.386 e. The maximum atomic E-state index is 12.6. The number of aliphatic hydroxyl groups excluding tert-OH is 2. The summed E-state index contributed by atoms with van der Waals surface area (Å²) in [5.41, 5.74) is 4.22. The van der Waals surface area contributed by atoms with Gasteiger partial charge in [0.1, 0.15) is 42.5 Å². The second kappa shape index (κ2) is 18.9. The summed E-state index contributed by atoms with van der Waals surface area (Å²) >= 11 is 0.872. The highest BCUT2D eigenvalue weighted by Gasteiger charge is 2.50. The maximum absolute atomic E-state index is 12.6. The number of ether oxygens (including phenoxy) is 1. The van der Waals surface area contributed by atoms with E-state index in [-0.39, 0.29) is 47.4 Å². The molecule has 0 aliphatic carbocycles. The van der Waals surface area contributed by atoms with Crippen molar-refractivity contribution in [3.63, 3.8) is 0 Å². The van der Waals surface area contributed by atoms with Crippen LogP contribution >= 0.6 is 35.2 Å². The van der Waals surface area contributed by atoms with Gasteiger partial charge in [-0.15, -0.1) is 0 Å². The van der Waals surface area contributed by atoms with E-state index in [1.54, 1.807) is 0 Å². The molecule has 2 aromatic rings. The first-order chi connectivity index (χ1) is 25.0. The van der Waals surface area contributed by atoms with Crippen LogP contribution in [0.1, 0.15) is 33.4 Å². The fourth-order valence-electron chi connectivity index (χ4n) is 4.47. The third kappa shape index (κ3) is 13.2. The van der Waals surface area contributed by atoms with Crippen LogP contribution in [-0.4, -0.2) is 129 Å². The van der Waals surface area contributed by atoms with Crippen LogP contribution in [0, 0.1) is 11.3 Å². The van der Waals surface area contributed by atoms with Crippen LogP contribution in [0.25, 0.3) is 11.2 Å². The molecule has 1 aliphatic rings. The van der Waals surface area contributed by atoms with Gasteiger partial charge in [0, 0.05) is 30.7 Å². The number of carbonyl (C=O) groups is 4. The number of nitrogen functional groups attached to an aromatic ring is 1. The van der Waals surface area contributed by atoms with Crippen molar-refractivity contribution in [1.82, 2.24) is 30.2 Å². The fourth-order valence-corrected chi connectivity index (χ4v) is 8.02. The van der Waals surface area contributed by atoms with Crippen molar-refractivity contribution in [2.75, 3.05) is 37.8 Å². The smallest absolute Gasteiger partial charge is 0.386 e. The lowest BCUT2D eigenvalue weighted by molar-refractivity contribution is -0.137. The number of rotatable bonds is 21. The van der Waals surface area contributed by atoms with Gasteiger partial charge in [0.15, 0.2) is 22.8 Å². The third-order valence-corrected chi connectivity index (χ3v) is 11.5. The molecule has 1 fully saturated rings. The summed E-state index contributed by atoms with van der Waals surface area (Å²) in [5.74, 6) is -2.11. The van der Waals surface area contributed by atoms with Gasteiger partial charge in [0.25, 0.3) is 0 Å². The first kappa shape index (κ1) is 45.6. The predicted molar refractivity (Wildman–Crippen MR) is 182 cm³/mol. The first-order valence-corrected chi connectivity index (χ1v) is 21.0. The lowest BCUT2D eigenvalue weighted by Gasteiger charge is -2.30. The summed E-state index contributed by atoms with van der Waals surface area (Å²) in [6.07, 6.45) is -6.52. The molecule has 0 aromatic carbocycles. The van der Waals surface area contributed by atoms with Crippen LogP contribution in [0.3, 0.4) is 0 Å². The summed E-state index contributed by atoms with van der Waals surface area (Å²) in [6, 6.07) is 0. The number of nitrogens with one attached hydrogen (secondary N) is 2. The Morgan fingerprint density at radius 3 is 2.41 bits per heavy atom. The number of carbonyl (C=O) groups excluding carboxylic acids is 4. The van der Waals surface area contributed by atoms with Crippen LogP contribution in [0.5, 0.6) is 0 Å². The van der Waals surface area contributed by atoms with Crippen molar-refractivity contribution >= 4 is 75.4 Å². The number of fused-ring (bicyclic) bond motifs is 1. The van der Waals surface area contributed by atoms with Crippen LogP contribution in [0.2, 0.25) is 0 Å². The molecule has 0 saturated carbocycles. The number of phosphoric acid groups is 3. The van der Waals surface area contributed by atoms with Crippen molar-refractivity contribution in [2.45, 2.75) is 57.8 Å². The molecule has 25 nitrogen and oxygen atoms in total. The van der Waals surface area contributed by atoms with Gasteiger partial charge in [-0.25, -0.2) is 28.6 Å². The second-order valence-corrected chi connectivity index (χ2v) is 17.5. The van der Waals surface area contributed by atoms with E-state index in [2.05, 4.69) is 34.4 Å². The number of nitrogens with two attached hydrogens (primary N) is 1. The molecule has 0 radical (unpaired) electrons. The molecule has 10 N–H and O–H groups in total. The molecule has 54 heavy (non-hydrogen) atoms. The van der Waals surface area contributed by atoms with E-state index in [1.807, 2.05) is 0 Å². The molecular weight excluding hydrogens is 811 g/mol. The normalized spacial score (nSPS) is 22.5. The van der Waals surface area contributed by atoms with E-state index < -0.39 is 90.5 Å². The topological polar surface area (TPSA) is 381 Å². The number of thioether (sulfide) groups is 1. The zero-order chi connectivity index (χ0) is 40.6. The Balaban J connectivity index is 1.51. The molecule has 0 bridgehead atoms. The average Bonchev–Trinajstić information content (AvgIpc) is 3.64. The summed E-state index contributed by atoms with van der Waals surface area (Å²) < 4.78 is 61.9. The van der Waals surface area contributed by atoms with E-state index in [9.17, 15) is 62.7 Å². The molecule has 304 valence electrons. The molecule has 1 aliphatic heterocycles. The summed E-state index contributed by atoms with van der Waals surface area (Å²) in [5, 5.41) is 25.8. The van der Waals surface area contributed by atoms with E-state index in [0.29, 0.717) is 6.29 Å². The van der Waals surface area contributed by atoms with Crippen LogP contribution in [0.4, 0.5) is 5.82 Å². The lowest BCUT2D eigenvalue weighted by atomic mass is 9.87. The van der Waals surface area contributed by atoms with Crippen molar-refractivity contribution in [2.24, 2.45) is 11.3 Å². The Kier molecular flexibility index (Phi) is 16.0. The van der Waals surface area contributed by atoms with E-state index >= 15 is 0 Å². The SMILES string of the molecule is C[C@@H](C=O)C(=O)SCCNC(=O)CCNC(=O)[C@H](O)C(C)(C)COP(=O)(O)OP(=O)(O)OC[C@H]1O[C@@H](n2cnc3c(N)ncnc32)[C@H](O)[C@@H]1OP(=O)(O)O. The van der Waals surface area contributed by atoms with Gasteiger partial charge in [-0.2, -0.15) is 4.31 Å². The van der Waals surface area contributed by atoms with Gasteiger partial charge >= 0.3 is 23.5 Å². The first-order valence-electron chi connectivity index (χ1n) is 15.5. The minimum atomic E-state index is -5.58. The molecule has 8 atom stereocenters. The van der Waals surface area contributed by atoms with Gasteiger partial charge in [-0.3, -0.25) is 32.5 Å². The monoisotopic (exact) mass is 851 g/mol. The molecule has 3 heterocycles. The number of anilines is 1. The predicted octanol–water partition coefficient (Wildman–Crippen LogP) is -1.50. The fraction of sp³-hybridized carbons (Fsp3) is 0.640. The maximum Gasteiger partial charge on any atom is 0.481 e. The van der Waals surface area contributed by atoms with Gasteiger partial charge in [-0.05, 0) is 6.92 Å². The largest absolute Gasteiger partial charge is 0.481 e. The number of amides is 2. The van der Waals surface area contributed by atoms with Crippen LogP contribution in [-0.2, 0) is 55.5 Å². The number of nitrogens with zero attached hydrogens (tertiary/aromatic N) is 4. The van der Waals surface area contributed by atoms with Crippen molar-refractivity contribution in [3.8, 4) is 0 Å². The standard InChI is InChI=1S/C25H40N7O18P3S/c1-13(8-33)24(38)54-7-6-27-15(34)4-5-28-22(37)19(36)25(2,3)10-47-53(44,45)50-52(42,43)46-9-14-18(49-51(39,40)41)17(35)23(48-14)32-12-31-16-20(26)29-11-30-21(16)32/h8,11-14,17-19,23,35-36H,4-7,9-10H2,1-3H3,(H,27,34)(H,28,37)(H,42,43)(H,44,45)(H2,26,29,30)(H2,39,40,41)/t13-,14+,17+,18+,19-,23+/m0/s1. The molecule has 2 aromatic heterocycles. The Morgan fingerprint density at radius 1 is 1.09 bits per heavy atom. The highest BCUT2D eigenvalue weighted by molar-refractivity contribution is 8.13. The Bertz CT molecular complexity index is 1810. The quantitative estimate of drug-likeness (QED) is 0.0299. The molecule has 0 spiro atoms. The third-order valence-electron chi connectivity index (χ3n) is 7.32. The summed E-state index contributed by atoms with van der Waals surface area (Å²) in [7, 11) is -16.4. The number of phosphoric ester groups is 3. The van der Waals surface area contributed by atoms with Crippen LogP contribution < -0.4 is 16.4 Å². The highest BCUT2D eigenvalue weighted by Crippen LogP contribution is 2.61. The molecule has 2 amide bonds. The van der Waals surface area contributed by atoms with Crippen molar-refractivity contribution in [3.05, 3.63) is 12.7 Å². The molecular formula is C25H40N7O18P3S. The number of hydrogen-bond donors (Lipinski definition) is 9. The summed E-state index contributed by atoms with van der Waals surface area (Å²) in [6.45, 7) is 1.73. The molecule has 3 rings (SSSR count). The molecule has 1 saturated heterocycles. The lowest BCUT2D eigenvalue weighted by Crippen LogP contribution is -2.46. The number of hydrogen-bond acceptors (Lipinski definition) is 19. The van der Waals surface area contributed by atoms with Gasteiger partial charge in [0.05, 0.1) is 25.5 Å². The second-order valence-electron chi connectivity index (χ2n) is 12.2. The van der Waals surface area contributed by atoms with Gasteiger partial charge in [0.2, 0.25) is 11.8 Å². The Hall–Kier alpha value is -2.77. The number of aromatic nitrogens is 4.